The third kappa shape index (κ3) is 0.254. The second kappa shape index (κ2) is 0.740. The second-order valence-electron chi connectivity index (χ2n) is 2.54. The largest absolute Gasteiger partial charge is 0.390 e. The monoisotopic (exact) mass is 100 g/mol. The summed E-state index contributed by atoms with van der Waals surface area (Å²) in [4.78, 5) is 0. The highest BCUT2D eigenvalue weighted by atomic mass is 16.6. The minimum absolute atomic E-state index is 0.0972. The molecule has 40 valence electrons. The lowest BCUT2D eigenvalue weighted by atomic mass is 9.84. The summed E-state index contributed by atoms with van der Waals surface area (Å²) in [5.41, 5.74) is -0.0972. The molecule has 1 aliphatic heterocycles. The van der Waals surface area contributed by atoms with Gasteiger partial charge in [-0.05, 0) is 6.92 Å². The molecular formula is C5H8O2. The standard InChI is InChI=1S/C5H8O2/c1-5-3(6)2-4(5)7-5/h3-4,6H,2H2,1H3. The molecule has 2 rings (SSSR count). The zero-order valence-electron chi connectivity index (χ0n) is 4.22. The van der Waals surface area contributed by atoms with Gasteiger partial charge in [-0.2, -0.15) is 0 Å². The lowest BCUT2D eigenvalue weighted by Gasteiger charge is -2.21. The molecule has 2 aliphatic rings. The Morgan fingerprint density at radius 1 is 1.86 bits per heavy atom. The molecule has 2 nitrogen and oxygen atoms in total. The first-order chi connectivity index (χ1) is 3.23. The fraction of sp³-hybridized carbons (Fsp3) is 1.00. The van der Waals surface area contributed by atoms with E-state index in [2.05, 4.69) is 0 Å². The number of epoxide rings is 1. The van der Waals surface area contributed by atoms with Crippen molar-refractivity contribution in [2.75, 3.05) is 0 Å². The van der Waals surface area contributed by atoms with Crippen molar-refractivity contribution in [2.45, 2.75) is 31.2 Å². The third-order valence-corrected chi connectivity index (χ3v) is 2.08. The van der Waals surface area contributed by atoms with Gasteiger partial charge in [0, 0.05) is 6.42 Å². The van der Waals surface area contributed by atoms with Crippen molar-refractivity contribution in [1.82, 2.24) is 0 Å². The molecular weight excluding hydrogens is 92.1 g/mol. The van der Waals surface area contributed by atoms with Gasteiger partial charge < -0.3 is 9.84 Å². The smallest absolute Gasteiger partial charge is 0.118 e. The van der Waals surface area contributed by atoms with Crippen LogP contribution in [0.25, 0.3) is 0 Å². The Labute approximate surface area is 42.1 Å². The van der Waals surface area contributed by atoms with Gasteiger partial charge in [-0.3, -0.25) is 0 Å². The number of aliphatic hydroxyl groups is 1. The highest BCUT2D eigenvalue weighted by Crippen LogP contribution is 2.52. The van der Waals surface area contributed by atoms with E-state index in [1.54, 1.807) is 0 Å². The summed E-state index contributed by atoms with van der Waals surface area (Å²) in [5, 5.41) is 8.89. The first-order valence-corrected chi connectivity index (χ1v) is 2.59. The van der Waals surface area contributed by atoms with Crippen LogP contribution >= 0.6 is 0 Å². The summed E-state index contributed by atoms with van der Waals surface area (Å²) < 4.78 is 5.08. The maximum absolute atomic E-state index is 8.89. The summed E-state index contributed by atoms with van der Waals surface area (Å²) in [6.45, 7) is 1.95. The lowest BCUT2D eigenvalue weighted by molar-refractivity contribution is 0.0687. The van der Waals surface area contributed by atoms with Crippen LogP contribution in [0.3, 0.4) is 0 Å². The van der Waals surface area contributed by atoms with Gasteiger partial charge in [0.15, 0.2) is 0 Å². The maximum Gasteiger partial charge on any atom is 0.118 e. The van der Waals surface area contributed by atoms with Crippen molar-refractivity contribution < 1.29 is 9.84 Å². The van der Waals surface area contributed by atoms with E-state index in [4.69, 9.17) is 9.84 Å². The highest BCUT2D eigenvalue weighted by Gasteiger charge is 2.67. The second-order valence-corrected chi connectivity index (χ2v) is 2.54. The Bertz CT molecular complexity index is 111. The Morgan fingerprint density at radius 3 is 2.57 bits per heavy atom. The van der Waals surface area contributed by atoms with Crippen molar-refractivity contribution in [3.05, 3.63) is 0 Å². The molecule has 3 unspecified atom stereocenters. The van der Waals surface area contributed by atoms with Crippen LogP contribution in [0.5, 0.6) is 0 Å². The zero-order valence-corrected chi connectivity index (χ0v) is 4.22. The first kappa shape index (κ1) is 3.87. The minimum Gasteiger partial charge on any atom is -0.390 e. The topological polar surface area (TPSA) is 32.8 Å². The van der Waals surface area contributed by atoms with Gasteiger partial charge in [-0.15, -0.1) is 0 Å². The van der Waals surface area contributed by atoms with Crippen molar-refractivity contribution in [2.24, 2.45) is 0 Å². The van der Waals surface area contributed by atoms with Crippen LogP contribution in [0, 0.1) is 0 Å². The van der Waals surface area contributed by atoms with Crippen LogP contribution in [0.1, 0.15) is 13.3 Å². The molecule has 2 fully saturated rings. The maximum atomic E-state index is 8.89. The molecule has 2 heteroatoms. The van der Waals surface area contributed by atoms with E-state index >= 15 is 0 Å². The van der Waals surface area contributed by atoms with E-state index < -0.39 is 0 Å². The van der Waals surface area contributed by atoms with Crippen molar-refractivity contribution in [1.29, 1.82) is 0 Å². The van der Waals surface area contributed by atoms with Gasteiger partial charge in [0.05, 0.1) is 12.2 Å². The molecule has 1 saturated carbocycles. The van der Waals surface area contributed by atoms with Gasteiger partial charge in [0.1, 0.15) is 5.60 Å². The van der Waals surface area contributed by atoms with Crippen LogP contribution < -0.4 is 0 Å². The minimum atomic E-state index is -0.169. The SMILES string of the molecule is CC12OC1CC2O. The normalized spacial score (nSPS) is 66.0. The van der Waals surface area contributed by atoms with Crippen LogP contribution in [-0.4, -0.2) is 22.9 Å². The summed E-state index contributed by atoms with van der Waals surface area (Å²) in [6.07, 6.45) is 1.09. The van der Waals surface area contributed by atoms with Crippen molar-refractivity contribution >= 4 is 0 Å². The van der Waals surface area contributed by atoms with E-state index in [-0.39, 0.29) is 11.7 Å². The summed E-state index contributed by atoms with van der Waals surface area (Å²) >= 11 is 0. The molecule has 0 aromatic heterocycles. The first-order valence-electron chi connectivity index (χ1n) is 2.59. The van der Waals surface area contributed by atoms with Gasteiger partial charge in [0.25, 0.3) is 0 Å². The van der Waals surface area contributed by atoms with Crippen LogP contribution in [-0.2, 0) is 4.74 Å². The quantitative estimate of drug-likeness (QED) is 0.431. The lowest BCUT2D eigenvalue weighted by Crippen LogP contribution is -2.39. The number of ether oxygens (including phenoxy) is 1. The van der Waals surface area contributed by atoms with Gasteiger partial charge in [0.2, 0.25) is 0 Å². The highest BCUT2D eigenvalue weighted by molar-refractivity contribution is 5.15. The van der Waals surface area contributed by atoms with Gasteiger partial charge in [-0.25, -0.2) is 0 Å². The van der Waals surface area contributed by atoms with Gasteiger partial charge in [-0.1, -0.05) is 0 Å². The summed E-state index contributed by atoms with van der Waals surface area (Å²) in [6, 6.07) is 0. The Morgan fingerprint density at radius 2 is 2.57 bits per heavy atom. The molecule has 1 heterocycles. The van der Waals surface area contributed by atoms with Crippen LogP contribution in [0.2, 0.25) is 0 Å². The van der Waals surface area contributed by atoms with Crippen molar-refractivity contribution in [3.63, 3.8) is 0 Å². The average Bonchev–Trinajstić information content (AvgIpc) is 2.13. The fourth-order valence-electron chi connectivity index (χ4n) is 1.12. The molecule has 0 aromatic carbocycles. The number of rotatable bonds is 0. The predicted molar refractivity (Wildman–Crippen MR) is 23.9 cm³/mol. The summed E-state index contributed by atoms with van der Waals surface area (Å²) in [5.74, 6) is 0. The molecule has 0 radical (unpaired) electrons. The average molecular weight is 100 g/mol. The molecule has 1 N–H and O–H groups in total. The Kier molecular flexibility index (Phi) is 0.408. The molecule has 1 saturated heterocycles. The van der Waals surface area contributed by atoms with E-state index in [9.17, 15) is 0 Å². The molecule has 0 spiro atoms. The van der Waals surface area contributed by atoms with Crippen LogP contribution in [0.4, 0.5) is 0 Å². The van der Waals surface area contributed by atoms with E-state index in [1.165, 1.54) is 0 Å². The van der Waals surface area contributed by atoms with Crippen LogP contribution in [0.15, 0.2) is 0 Å². The van der Waals surface area contributed by atoms with Crippen molar-refractivity contribution in [3.8, 4) is 0 Å². The van der Waals surface area contributed by atoms with E-state index in [0.29, 0.717) is 6.10 Å². The Hall–Kier alpha value is -0.0800. The molecule has 0 aromatic rings. The summed E-state index contributed by atoms with van der Waals surface area (Å²) in [7, 11) is 0. The molecule has 7 heavy (non-hydrogen) atoms. The molecule has 0 bridgehead atoms. The predicted octanol–water partition coefficient (Wildman–Crippen LogP) is -0.0915. The Balaban J connectivity index is 2.17. The number of hydrogen-bond acceptors (Lipinski definition) is 2. The fourth-order valence-corrected chi connectivity index (χ4v) is 1.12. The number of aliphatic hydroxyl groups excluding tert-OH is 1. The van der Waals surface area contributed by atoms with E-state index in [1.807, 2.05) is 6.92 Å². The molecule has 1 aliphatic carbocycles. The number of hydrogen-bond donors (Lipinski definition) is 1. The van der Waals surface area contributed by atoms with Gasteiger partial charge >= 0.3 is 0 Å². The number of fused-ring (bicyclic) bond motifs is 1. The zero-order chi connectivity index (χ0) is 5.07. The molecule has 3 atom stereocenters. The third-order valence-electron chi connectivity index (χ3n) is 2.08. The van der Waals surface area contributed by atoms with E-state index in [0.717, 1.165) is 6.42 Å². The molecule has 0 amide bonds.